The van der Waals surface area contributed by atoms with Gasteiger partial charge in [-0.3, -0.25) is 0 Å². The molecule has 0 saturated heterocycles. The summed E-state index contributed by atoms with van der Waals surface area (Å²) in [7, 11) is 0. The van der Waals surface area contributed by atoms with Gasteiger partial charge in [-0.05, 0) is 48.3 Å². The Bertz CT molecular complexity index is 668. The molecule has 1 aliphatic carbocycles. The molecule has 120 valence electrons. The second-order valence-electron chi connectivity index (χ2n) is 7.61. The summed E-state index contributed by atoms with van der Waals surface area (Å²) in [6.07, 6.45) is 9.20. The van der Waals surface area contributed by atoms with E-state index < -0.39 is 0 Å². The van der Waals surface area contributed by atoms with Crippen molar-refractivity contribution in [2.75, 3.05) is 5.32 Å². The lowest BCUT2D eigenvalue weighted by Gasteiger charge is -2.46. The van der Waals surface area contributed by atoms with Crippen LogP contribution in [0.3, 0.4) is 0 Å². The highest BCUT2D eigenvalue weighted by molar-refractivity contribution is 5.63. The van der Waals surface area contributed by atoms with Crippen LogP contribution in [-0.2, 0) is 6.42 Å². The lowest BCUT2D eigenvalue weighted by molar-refractivity contribution is 0.281. The van der Waals surface area contributed by atoms with Crippen molar-refractivity contribution in [3.63, 3.8) is 0 Å². The first-order valence-corrected chi connectivity index (χ1v) is 9.20. The maximum Gasteiger partial charge on any atom is 0.0415 e. The number of fused-ring (bicyclic) bond motifs is 1. The summed E-state index contributed by atoms with van der Waals surface area (Å²) in [6, 6.07) is 17.7. The molecule has 23 heavy (non-hydrogen) atoms. The Morgan fingerprint density at radius 2 is 1.74 bits per heavy atom. The van der Waals surface area contributed by atoms with Gasteiger partial charge in [-0.1, -0.05) is 74.7 Å². The minimum atomic E-state index is 0.359. The highest BCUT2D eigenvalue weighted by Crippen LogP contribution is 2.46. The van der Waals surface area contributed by atoms with Crippen LogP contribution in [0.2, 0.25) is 0 Å². The number of benzene rings is 2. The van der Waals surface area contributed by atoms with E-state index in [2.05, 4.69) is 60.8 Å². The Morgan fingerprint density at radius 1 is 0.957 bits per heavy atom. The summed E-state index contributed by atoms with van der Waals surface area (Å²) < 4.78 is 0. The van der Waals surface area contributed by atoms with Crippen LogP contribution >= 0.6 is 0 Å². The molecule has 2 aliphatic rings. The lowest BCUT2D eigenvalue weighted by atomic mass is 9.71. The Hall–Kier alpha value is -1.76. The summed E-state index contributed by atoms with van der Waals surface area (Å²) >= 11 is 0. The first-order chi connectivity index (χ1) is 11.3. The van der Waals surface area contributed by atoms with Gasteiger partial charge in [0.05, 0.1) is 0 Å². The van der Waals surface area contributed by atoms with E-state index in [0.717, 1.165) is 6.42 Å². The van der Waals surface area contributed by atoms with Crippen LogP contribution in [0.4, 0.5) is 5.69 Å². The summed E-state index contributed by atoms with van der Waals surface area (Å²) in [5.74, 6) is 0.667. The van der Waals surface area contributed by atoms with E-state index in [0.29, 0.717) is 11.5 Å². The third kappa shape index (κ3) is 2.89. The second-order valence-corrected chi connectivity index (χ2v) is 7.61. The van der Waals surface area contributed by atoms with E-state index in [4.69, 9.17) is 0 Å². The Balaban J connectivity index is 1.69. The van der Waals surface area contributed by atoms with Crippen LogP contribution in [-0.4, -0.2) is 5.54 Å². The van der Waals surface area contributed by atoms with Crippen molar-refractivity contribution >= 4 is 5.69 Å². The van der Waals surface area contributed by atoms with Crippen LogP contribution in [0.1, 0.15) is 68.1 Å². The van der Waals surface area contributed by atoms with Crippen molar-refractivity contribution < 1.29 is 0 Å². The molecule has 0 bridgehead atoms. The zero-order valence-corrected chi connectivity index (χ0v) is 14.1. The number of hydrogen-bond acceptors (Lipinski definition) is 1. The second kappa shape index (κ2) is 6.03. The van der Waals surface area contributed by atoms with E-state index in [9.17, 15) is 0 Å². The number of hydrogen-bond donors (Lipinski definition) is 1. The molecule has 0 unspecified atom stereocenters. The van der Waals surface area contributed by atoms with Crippen LogP contribution in [0.5, 0.6) is 0 Å². The van der Waals surface area contributed by atoms with E-state index in [-0.39, 0.29) is 0 Å². The minimum absolute atomic E-state index is 0.359. The van der Waals surface area contributed by atoms with Gasteiger partial charge in [-0.15, -0.1) is 0 Å². The van der Waals surface area contributed by atoms with Crippen molar-refractivity contribution in [1.82, 2.24) is 0 Å². The lowest BCUT2D eigenvalue weighted by Crippen LogP contribution is -2.44. The van der Waals surface area contributed by atoms with Gasteiger partial charge in [0, 0.05) is 11.2 Å². The fraction of sp³-hybridized carbons (Fsp3) is 0.455. The van der Waals surface area contributed by atoms with Crippen molar-refractivity contribution in [2.24, 2.45) is 0 Å². The van der Waals surface area contributed by atoms with Crippen molar-refractivity contribution in [3.05, 3.63) is 65.2 Å². The molecular formula is C22H27N. The quantitative estimate of drug-likeness (QED) is 0.728. The van der Waals surface area contributed by atoms with Crippen molar-refractivity contribution in [2.45, 2.75) is 63.3 Å². The highest BCUT2D eigenvalue weighted by atomic mass is 15.0. The highest BCUT2D eigenvalue weighted by Gasteiger charge is 2.38. The first-order valence-electron chi connectivity index (χ1n) is 9.20. The number of para-hydroxylation sites is 1. The zero-order chi connectivity index (χ0) is 15.7. The average molecular weight is 305 g/mol. The zero-order valence-electron chi connectivity index (χ0n) is 14.1. The molecule has 1 fully saturated rings. The molecule has 1 saturated carbocycles. The van der Waals surface area contributed by atoms with Crippen LogP contribution in [0.15, 0.2) is 48.5 Å². The monoisotopic (exact) mass is 305 g/mol. The molecule has 1 aliphatic heterocycles. The van der Waals surface area contributed by atoms with Gasteiger partial charge in [0.2, 0.25) is 0 Å². The Kier molecular flexibility index (Phi) is 3.88. The molecule has 1 N–H and O–H groups in total. The fourth-order valence-corrected chi connectivity index (χ4v) is 4.72. The number of rotatable bonds is 2. The third-order valence-electron chi connectivity index (χ3n) is 5.85. The largest absolute Gasteiger partial charge is 0.379 e. The SMILES string of the molecule is C[C@@H]1CC2(CCCCC2)Nc2c(Cc3ccccc3)cccc21. The predicted molar refractivity (Wildman–Crippen MR) is 98.2 cm³/mol. The van der Waals surface area contributed by atoms with Crippen LogP contribution in [0.25, 0.3) is 0 Å². The maximum absolute atomic E-state index is 4.03. The third-order valence-corrected chi connectivity index (χ3v) is 5.85. The van der Waals surface area contributed by atoms with E-state index in [1.165, 1.54) is 60.9 Å². The number of anilines is 1. The van der Waals surface area contributed by atoms with E-state index in [1.54, 1.807) is 0 Å². The molecule has 0 amide bonds. The molecule has 1 nitrogen and oxygen atoms in total. The molecule has 1 spiro atoms. The molecule has 0 aromatic heterocycles. The van der Waals surface area contributed by atoms with Gasteiger partial charge in [0.15, 0.2) is 0 Å². The Morgan fingerprint density at radius 3 is 2.52 bits per heavy atom. The molecular weight excluding hydrogens is 278 g/mol. The van der Waals surface area contributed by atoms with Gasteiger partial charge in [0.25, 0.3) is 0 Å². The topological polar surface area (TPSA) is 12.0 Å². The van der Waals surface area contributed by atoms with Gasteiger partial charge in [0.1, 0.15) is 0 Å². The fourth-order valence-electron chi connectivity index (χ4n) is 4.72. The molecule has 1 atom stereocenters. The predicted octanol–water partition coefficient (Wildman–Crippen LogP) is 5.90. The summed E-state index contributed by atoms with van der Waals surface area (Å²) in [5.41, 5.74) is 6.19. The summed E-state index contributed by atoms with van der Waals surface area (Å²) in [4.78, 5) is 0. The molecule has 0 radical (unpaired) electrons. The summed E-state index contributed by atoms with van der Waals surface area (Å²) in [5, 5.41) is 4.03. The summed E-state index contributed by atoms with van der Waals surface area (Å²) in [6.45, 7) is 2.42. The van der Waals surface area contributed by atoms with Gasteiger partial charge >= 0.3 is 0 Å². The minimum Gasteiger partial charge on any atom is -0.379 e. The smallest absolute Gasteiger partial charge is 0.0415 e. The first kappa shape index (κ1) is 14.8. The maximum atomic E-state index is 4.03. The van der Waals surface area contributed by atoms with Gasteiger partial charge < -0.3 is 5.32 Å². The average Bonchev–Trinajstić information content (AvgIpc) is 2.57. The molecule has 2 aromatic carbocycles. The molecule has 2 aromatic rings. The van der Waals surface area contributed by atoms with Gasteiger partial charge in [-0.25, -0.2) is 0 Å². The molecule has 1 heterocycles. The van der Waals surface area contributed by atoms with Crippen molar-refractivity contribution in [1.29, 1.82) is 0 Å². The molecule has 4 rings (SSSR count). The normalized spacial score (nSPS) is 22.4. The molecule has 1 heteroatoms. The Labute approximate surface area is 140 Å². The van der Waals surface area contributed by atoms with Crippen molar-refractivity contribution in [3.8, 4) is 0 Å². The van der Waals surface area contributed by atoms with Gasteiger partial charge in [-0.2, -0.15) is 0 Å². The van der Waals surface area contributed by atoms with E-state index >= 15 is 0 Å². The standard InChI is InChI=1S/C22H27N/c1-17-16-22(13-6-3-7-14-22)23-21-19(11-8-12-20(17)21)15-18-9-4-2-5-10-18/h2,4-5,8-12,17,23H,3,6-7,13-16H2,1H3/t17-/m1/s1. The van der Waals surface area contributed by atoms with Crippen LogP contribution < -0.4 is 5.32 Å². The van der Waals surface area contributed by atoms with E-state index in [1.807, 2.05) is 0 Å². The van der Waals surface area contributed by atoms with Crippen LogP contribution in [0, 0.1) is 0 Å². The number of nitrogens with one attached hydrogen (secondary N) is 1.